The van der Waals surface area contributed by atoms with Crippen molar-refractivity contribution in [2.24, 2.45) is 0 Å². The molecule has 0 amide bonds. The molecule has 4 aromatic rings. The molecule has 7 nitrogen and oxygen atoms in total. The van der Waals surface area contributed by atoms with Crippen molar-refractivity contribution in [3.05, 3.63) is 63.6 Å². The third-order valence-electron chi connectivity index (χ3n) is 5.68. The summed E-state index contributed by atoms with van der Waals surface area (Å²) in [5.41, 5.74) is 3.96. The van der Waals surface area contributed by atoms with E-state index in [2.05, 4.69) is 15.1 Å². The number of fused-ring (bicyclic) bond motifs is 3. The maximum Gasteiger partial charge on any atom is 0.278 e. The molecule has 0 radical (unpaired) electrons. The Labute approximate surface area is 161 Å². The molecule has 142 valence electrons. The van der Waals surface area contributed by atoms with Crippen molar-refractivity contribution in [1.29, 1.82) is 0 Å². The zero-order valence-electron chi connectivity index (χ0n) is 15.9. The van der Waals surface area contributed by atoms with Gasteiger partial charge in [-0.2, -0.15) is 5.10 Å². The first-order valence-corrected chi connectivity index (χ1v) is 9.64. The highest BCUT2D eigenvalue weighted by molar-refractivity contribution is 5.99. The van der Waals surface area contributed by atoms with E-state index in [0.29, 0.717) is 22.5 Å². The predicted molar refractivity (Wildman–Crippen MR) is 106 cm³/mol. The van der Waals surface area contributed by atoms with Crippen LogP contribution < -0.4 is 5.56 Å². The molecule has 0 atom stereocenters. The van der Waals surface area contributed by atoms with E-state index in [1.54, 1.807) is 18.3 Å². The van der Waals surface area contributed by atoms with Gasteiger partial charge in [-0.15, -0.1) is 0 Å². The Morgan fingerprint density at radius 3 is 2.64 bits per heavy atom. The molecule has 7 heteroatoms. The summed E-state index contributed by atoms with van der Waals surface area (Å²) in [6.07, 6.45) is 6.17. The molecule has 3 aromatic heterocycles. The average Bonchev–Trinajstić information content (AvgIpc) is 3.40. The lowest BCUT2D eigenvalue weighted by Gasteiger charge is -2.11. The second-order valence-corrected chi connectivity index (χ2v) is 7.65. The van der Waals surface area contributed by atoms with E-state index in [9.17, 15) is 9.59 Å². The number of nitrogens with zero attached hydrogens (tertiary/aromatic N) is 4. The Bertz CT molecular complexity index is 1290. The summed E-state index contributed by atoms with van der Waals surface area (Å²) >= 11 is 0. The van der Waals surface area contributed by atoms with E-state index in [4.69, 9.17) is 0 Å². The average molecular weight is 375 g/mol. The first kappa shape index (κ1) is 16.9. The van der Waals surface area contributed by atoms with Gasteiger partial charge >= 0.3 is 0 Å². The largest absolute Gasteiger partial charge is 0.319 e. The second kappa shape index (κ2) is 6.15. The van der Waals surface area contributed by atoms with Crippen molar-refractivity contribution in [3.63, 3.8) is 0 Å². The molecule has 0 bridgehead atoms. The quantitative estimate of drug-likeness (QED) is 0.582. The zero-order valence-corrected chi connectivity index (χ0v) is 15.9. The van der Waals surface area contributed by atoms with Gasteiger partial charge < -0.3 is 4.98 Å². The number of carbonyl (C=O) groups is 1. The molecule has 1 aliphatic carbocycles. The van der Waals surface area contributed by atoms with Crippen LogP contribution in [0.3, 0.4) is 0 Å². The summed E-state index contributed by atoms with van der Waals surface area (Å²) in [5.74, 6) is 1.08. The highest BCUT2D eigenvalue weighted by Gasteiger charge is 2.23. The van der Waals surface area contributed by atoms with Gasteiger partial charge in [0, 0.05) is 17.2 Å². The van der Waals surface area contributed by atoms with Crippen LogP contribution in [0.1, 0.15) is 59.2 Å². The van der Waals surface area contributed by atoms with Crippen molar-refractivity contribution < 1.29 is 4.79 Å². The molecular weight excluding hydrogens is 354 g/mol. The van der Waals surface area contributed by atoms with Crippen LogP contribution in [0, 0.1) is 13.8 Å². The van der Waals surface area contributed by atoms with Crippen LogP contribution in [0.25, 0.3) is 16.6 Å². The fourth-order valence-corrected chi connectivity index (χ4v) is 4.35. The Morgan fingerprint density at radius 1 is 1.14 bits per heavy atom. The molecule has 0 spiro atoms. The lowest BCUT2D eigenvalue weighted by Crippen LogP contribution is -2.16. The molecule has 5 rings (SSSR count). The fraction of sp³-hybridized carbons (Fsp3) is 0.333. The third kappa shape index (κ3) is 2.50. The first-order chi connectivity index (χ1) is 13.5. The number of rotatable bonds is 2. The van der Waals surface area contributed by atoms with Crippen molar-refractivity contribution in [1.82, 2.24) is 24.1 Å². The summed E-state index contributed by atoms with van der Waals surface area (Å²) in [7, 11) is 0. The van der Waals surface area contributed by atoms with Gasteiger partial charge in [-0.05, 0) is 51.0 Å². The Morgan fingerprint density at radius 2 is 1.93 bits per heavy atom. The Kier molecular flexibility index (Phi) is 3.72. The third-order valence-corrected chi connectivity index (χ3v) is 5.68. The maximum atomic E-state index is 13.0. The van der Waals surface area contributed by atoms with Gasteiger partial charge in [0.2, 0.25) is 0 Å². The van der Waals surface area contributed by atoms with Crippen LogP contribution >= 0.6 is 0 Å². The molecular formula is C21H21N5O2. The van der Waals surface area contributed by atoms with Crippen molar-refractivity contribution in [2.45, 2.75) is 45.4 Å². The predicted octanol–water partition coefficient (Wildman–Crippen LogP) is 3.34. The van der Waals surface area contributed by atoms with Crippen LogP contribution in [0.4, 0.5) is 0 Å². The minimum absolute atomic E-state index is 0.165. The number of benzene rings is 1. The SMILES string of the molecule is Cc1cc(C)n(C(=O)c2ccc3[nH]c(=O)c4cnc(C5CCCC5)n4c3c2)n1. The van der Waals surface area contributed by atoms with Gasteiger partial charge in [0.25, 0.3) is 11.5 Å². The van der Waals surface area contributed by atoms with Crippen LogP contribution in [0.2, 0.25) is 0 Å². The lowest BCUT2D eigenvalue weighted by molar-refractivity contribution is 0.0942. The standard InChI is InChI=1S/C21H21N5O2/c1-12-9-13(2)26(24-12)21(28)15-7-8-16-17(10-15)25-18(20(27)23-16)11-22-19(25)14-5-3-4-6-14/h7-11,14H,3-6H2,1-2H3,(H,23,27). The minimum Gasteiger partial charge on any atom is -0.319 e. The molecule has 1 aliphatic rings. The van der Waals surface area contributed by atoms with E-state index in [1.807, 2.05) is 30.4 Å². The zero-order chi connectivity index (χ0) is 19.4. The highest BCUT2D eigenvalue weighted by Crippen LogP contribution is 2.34. The molecule has 0 unspecified atom stereocenters. The number of aromatic amines is 1. The number of aromatic nitrogens is 5. The van der Waals surface area contributed by atoms with Gasteiger partial charge in [0.1, 0.15) is 11.3 Å². The summed E-state index contributed by atoms with van der Waals surface area (Å²) in [6.45, 7) is 3.73. The van der Waals surface area contributed by atoms with Crippen LogP contribution in [0.5, 0.6) is 0 Å². The number of carbonyl (C=O) groups excluding carboxylic acids is 1. The summed E-state index contributed by atoms with van der Waals surface area (Å²) in [4.78, 5) is 33.0. The maximum absolute atomic E-state index is 13.0. The summed E-state index contributed by atoms with van der Waals surface area (Å²) < 4.78 is 3.35. The molecule has 1 aromatic carbocycles. The van der Waals surface area contributed by atoms with Gasteiger partial charge in [0.05, 0.1) is 22.9 Å². The smallest absolute Gasteiger partial charge is 0.278 e. The number of aryl methyl sites for hydroxylation is 2. The molecule has 3 heterocycles. The normalized spacial score (nSPS) is 15.1. The fourth-order valence-electron chi connectivity index (χ4n) is 4.35. The summed E-state index contributed by atoms with van der Waals surface area (Å²) in [5, 5.41) is 4.30. The Hall–Kier alpha value is -3.22. The molecule has 1 fully saturated rings. The van der Waals surface area contributed by atoms with Crippen LogP contribution in [-0.4, -0.2) is 30.1 Å². The van der Waals surface area contributed by atoms with Crippen molar-refractivity contribution in [3.8, 4) is 0 Å². The summed E-state index contributed by atoms with van der Waals surface area (Å²) in [6, 6.07) is 7.22. The lowest BCUT2D eigenvalue weighted by atomic mass is 10.1. The monoisotopic (exact) mass is 375 g/mol. The Balaban J connectivity index is 1.74. The van der Waals surface area contributed by atoms with E-state index < -0.39 is 0 Å². The van der Waals surface area contributed by atoms with Gasteiger partial charge in [-0.1, -0.05) is 12.8 Å². The molecule has 0 aliphatic heterocycles. The van der Waals surface area contributed by atoms with Crippen molar-refractivity contribution >= 4 is 22.5 Å². The molecule has 0 saturated heterocycles. The molecule has 1 N–H and O–H groups in total. The molecule has 28 heavy (non-hydrogen) atoms. The number of hydrogen-bond donors (Lipinski definition) is 1. The topological polar surface area (TPSA) is 85.0 Å². The van der Waals surface area contributed by atoms with Gasteiger partial charge in [-0.3, -0.25) is 14.0 Å². The van der Waals surface area contributed by atoms with Gasteiger partial charge in [-0.25, -0.2) is 9.67 Å². The van der Waals surface area contributed by atoms with E-state index >= 15 is 0 Å². The van der Waals surface area contributed by atoms with E-state index in [-0.39, 0.29) is 11.5 Å². The number of nitrogens with one attached hydrogen (secondary N) is 1. The van der Waals surface area contributed by atoms with Crippen LogP contribution in [-0.2, 0) is 0 Å². The highest BCUT2D eigenvalue weighted by atomic mass is 16.2. The van der Waals surface area contributed by atoms with E-state index in [0.717, 1.165) is 35.6 Å². The number of hydrogen-bond acceptors (Lipinski definition) is 4. The van der Waals surface area contributed by atoms with Gasteiger partial charge in [0.15, 0.2) is 0 Å². The number of H-pyrrole nitrogens is 1. The number of imidazole rings is 1. The second-order valence-electron chi connectivity index (χ2n) is 7.65. The van der Waals surface area contributed by atoms with Crippen molar-refractivity contribution in [2.75, 3.05) is 0 Å². The first-order valence-electron chi connectivity index (χ1n) is 9.64. The van der Waals surface area contributed by atoms with E-state index in [1.165, 1.54) is 17.5 Å². The molecule has 1 saturated carbocycles. The minimum atomic E-state index is -0.186. The van der Waals surface area contributed by atoms with Crippen LogP contribution in [0.15, 0.2) is 35.3 Å².